The van der Waals surface area contributed by atoms with Crippen molar-refractivity contribution in [2.45, 2.75) is 19.4 Å². The molecule has 5 rings (SSSR count). The maximum absolute atomic E-state index is 13.3. The van der Waals surface area contributed by atoms with Crippen molar-refractivity contribution in [1.29, 1.82) is 0 Å². The molecule has 29 heavy (non-hydrogen) atoms. The third-order valence-corrected chi connectivity index (χ3v) is 6.21. The number of hydrogen-bond acceptors (Lipinski definition) is 4. The molecule has 5 nitrogen and oxygen atoms in total. The lowest BCUT2D eigenvalue weighted by molar-refractivity contribution is 0.0929. The van der Waals surface area contributed by atoms with Gasteiger partial charge in [-0.15, -0.1) is 11.3 Å². The minimum absolute atomic E-state index is 0.0765. The molecular weight excluding hydrogens is 389 g/mol. The first-order valence-electron chi connectivity index (χ1n) is 9.38. The van der Waals surface area contributed by atoms with Crippen LogP contribution in [-0.2, 0) is 0 Å². The van der Waals surface area contributed by atoms with Crippen molar-refractivity contribution in [2.75, 3.05) is 6.61 Å². The minimum Gasteiger partial charge on any atom is -0.493 e. The van der Waals surface area contributed by atoms with E-state index in [1.807, 2.05) is 37.3 Å². The number of halogens is 1. The minimum atomic E-state index is -0.295. The predicted molar refractivity (Wildman–Crippen MR) is 110 cm³/mol. The molecule has 146 valence electrons. The number of carbonyl (C=O) groups excluding carboxylic acids is 1. The van der Waals surface area contributed by atoms with E-state index in [1.165, 1.54) is 23.5 Å². The normalized spacial score (nSPS) is 15.7. The fourth-order valence-electron chi connectivity index (χ4n) is 3.64. The second kappa shape index (κ2) is 7.00. The summed E-state index contributed by atoms with van der Waals surface area (Å²) in [6, 6.07) is 15.8. The van der Waals surface area contributed by atoms with E-state index < -0.39 is 0 Å². The van der Waals surface area contributed by atoms with Crippen molar-refractivity contribution >= 4 is 27.5 Å². The van der Waals surface area contributed by atoms with Crippen LogP contribution >= 0.6 is 11.3 Å². The molecule has 2 aromatic carbocycles. The number of rotatable bonds is 3. The van der Waals surface area contributed by atoms with Gasteiger partial charge >= 0.3 is 0 Å². The molecule has 0 saturated heterocycles. The van der Waals surface area contributed by atoms with Gasteiger partial charge in [0.15, 0.2) is 0 Å². The van der Waals surface area contributed by atoms with E-state index in [4.69, 9.17) is 4.74 Å². The highest BCUT2D eigenvalue weighted by Crippen LogP contribution is 2.34. The third-order valence-electron chi connectivity index (χ3n) is 5.10. The number of amides is 1. The summed E-state index contributed by atoms with van der Waals surface area (Å²) in [4.78, 5) is 14.5. The Morgan fingerprint density at radius 2 is 2.03 bits per heavy atom. The number of para-hydroxylation sites is 1. The van der Waals surface area contributed by atoms with Gasteiger partial charge in [0, 0.05) is 17.4 Å². The molecule has 1 atom stereocenters. The first-order chi connectivity index (χ1) is 14.1. The van der Waals surface area contributed by atoms with E-state index in [2.05, 4.69) is 10.4 Å². The largest absolute Gasteiger partial charge is 0.493 e. The standard InChI is InChI=1S/C22H18FN3O2S/c1-13-17-12-20(29-22(17)26(25-13)15-8-6-14(23)7-9-15)21(27)24-18-10-11-28-19-5-3-2-4-16(18)19/h2-9,12,18H,10-11H2,1H3,(H,24,27)/t18-/m1/s1. The lowest BCUT2D eigenvalue weighted by atomic mass is 10.0. The molecule has 0 fully saturated rings. The van der Waals surface area contributed by atoms with E-state index in [0.717, 1.165) is 39.3 Å². The summed E-state index contributed by atoms with van der Waals surface area (Å²) >= 11 is 1.39. The van der Waals surface area contributed by atoms with Gasteiger partial charge in [-0.1, -0.05) is 18.2 Å². The lowest BCUT2D eigenvalue weighted by Crippen LogP contribution is -2.31. The van der Waals surface area contributed by atoms with E-state index >= 15 is 0 Å². The van der Waals surface area contributed by atoms with Crippen LogP contribution < -0.4 is 10.1 Å². The zero-order valence-corrected chi connectivity index (χ0v) is 16.5. The summed E-state index contributed by atoms with van der Waals surface area (Å²) in [5.74, 6) is 0.415. The second-order valence-electron chi connectivity index (χ2n) is 7.00. The van der Waals surface area contributed by atoms with Crippen molar-refractivity contribution in [3.8, 4) is 11.4 Å². The average Bonchev–Trinajstić information content (AvgIpc) is 3.30. The highest BCUT2D eigenvalue weighted by molar-refractivity contribution is 7.20. The second-order valence-corrected chi connectivity index (χ2v) is 8.03. The first-order valence-corrected chi connectivity index (χ1v) is 10.2. The fourth-order valence-corrected chi connectivity index (χ4v) is 4.72. The molecule has 3 heterocycles. The number of hydrogen-bond donors (Lipinski definition) is 1. The lowest BCUT2D eigenvalue weighted by Gasteiger charge is -2.26. The Labute approximate surface area is 170 Å². The number of nitrogens with one attached hydrogen (secondary N) is 1. The Hall–Kier alpha value is -3.19. The molecule has 1 amide bonds. The highest BCUT2D eigenvalue weighted by atomic mass is 32.1. The molecule has 2 aromatic heterocycles. The maximum Gasteiger partial charge on any atom is 0.261 e. The van der Waals surface area contributed by atoms with Gasteiger partial charge in [-0.2, -0.15) is 5.10 Å². The number of carbonyl (C=O) groups is 1. The Bertz CT molecular complexity index is 1210. The van der Waals surface area contributed by atoms with Crippen LogP contribution in [0, 0.1) is 12.7 Å². The number of benzene rings is 2. The van der Waals surface area contributed by atoms with Crippen LogP contribution in [0.4, 0.5) is 4.39 Å². The quantitative estimate of drug-likeness (QED) is 0.531. The number of aryl methyl sites for hydroxylation is 1. The van der Waals surface area contributed by atoms with Gasteiger partial charge in [0.25, 0.3) is 5.91 Å². The topological polar surface area (TPSA) is 56.2 Å². The summed E-state index contributed by atoms with van der Waals surface area (Å²) in [6.07, 6.45) is 0.732. The molecule has 0 bridgehead atoms. The van der Waals surface area contributed by atoms with E-state index in [9.17, 15) is 9.18 Å². The Morgan fingerprint density at radius 1 is 1.24 bits per heavy atom. The van der Waals surface area contributed by atoms with Gasteiger partial charge in [0.05, 0.1) is 28.9 Å². The van der Waals surface area contributed by atoms with Crippen LogP contribution in [-0.4, -0.2) is 22.3 Å². The predicted octanol–water partition coefficient (Wildman–Crippen LogP) is 4.79. The van der Waals surface area contributed by atoms with Crippen LogP contribution in [0.1, 0.15) is 33.4 Å². The van der Waals surface area contributed by atoms with Gasteiger partial charge < -0.3 is 10.1 Å². The number of nitrogens with zero attached hydrogens (tertiary/aromatic N) is 2. The molecule has 1 aliphatic heterocycles. The highest BCUT2D eigenvalue weighted by Gasteiger charge is 2.24. The number of fused-ring (bicyclic) bond motifs is 2. The van der Waals surface area contributed by atoms with Crippen molar-refractivity contribution in [3.63, 3.8) is 0 Å². The van der Waals surface area contributed by atoms with Gasteiger partial charge in [-0.3, -0.25) is 4.79 Å². The zero-order chi connectivity index (χ0) is 20.0. The molecule has 4 aromatic rings. The number of aromatic nitrogens is 2. The Balaban J connectivity index is 1.46. The van der Waals surface area contributed by atoms with Crippen LogP contribution in [0.25, 0.3) is 15.9 Å². The number of thiophene rings is 1. The van der Waals surface area contributed by atoms with Gasteiger partial charge in [-0.05, 0) is 43.3 Å². The molecular formula is C22H18FN3O2S. The summed E-state index contributed by atoms with van der Waals surface area (Å²) < 4.78 is 20.7. The summed E-state index contributed by atoms with van der Waals surface area (Å²) in [7, 11) is 0. The maximum atomic E-state index is 13.3. The smallest absolute Gasteiger partial charge is 0.261 e. The fraction of sp³-hybridized carbons (Fsp3) is 0.182. The molecule has 0 aliphatic carbocycles. The van der Waals surface area contributed by atoms with E-state index in [0.29, 0.717) is 11.5 Å². The van der Waals surface area contributed by atoms with Gasteiger partial charge in [0.2, 0.25) is 0 Å². The monoisotopic (exact) mass is 407 g/mol. The number of ether oxygens (including phenoxy) is 1. The zero-order valence-electron chi connectivity index (χ0n) is 15.7. The van der Waals surface area contributed by atoms with Crippen molar-refractivity contribution < 1.29 is 13.9 Å². The molecule has 0 unspecified atom stereocenters. The summed E-state index contributed by atoms with van der Waals surface area (Å²) in [6.45, 7) is 2.48. The van der Waals surface area contributed by atoms with Crippen molar-refractivity contribution in [3.05, 3.63) is 76.5 Å². The molecule has 0 radical (unpaired) electrons. The van der Waals surface area contributed by atoms with Gasteiger partial charge in [-0.25, -0.2) is 9.07 Å². The molecule has 7 heteroatoms. The molecule has 1 aliphatic rings. The molecule has 0 spiro atoms. The van der Waals surface area contributed by atoms with Crippen molar-refractivity contribution in [2.24, 2.45) is 0 Å². The average molecular weight is 407 g/mol. The Morgan fingerprint density at radius 3 is 2.86 bits per heavy atom. The van der Waals surface area contributed by atoms with Crippen LogP contribution in [0.3, 0.4) is 0 Å². The SMILES string of the molecule is Cc1nn(-c2ccc(F)cc2)c2sc(C(=O)N[C@@H]3CCOc4ccccc43)cc12. The van der Waals surface area contributed by atoms with E-state index in [-0.39, 0.29) is 17.8 Å². The van der Waals surface area contributed by atoms with Crippen LogP contribution in [0.2, 0.25) is 0 Å². The van der Waals surface area contributed by atoms with Crippen LogP contribution in [0.5, 0.6) is 5.75 Å². The summed E-state index contributed by atoms with van der Waals surface area (Å²) in [5, 5.41) is 8.62. The Kier molecular flexibility index (Phi) is 4.32. The van der Waals surface area contributed by atoms with Crippen LogP contribution in [0.15, 0.2) is 54.6 Å². The molecule has 1 N–H and O–H groups in total. The summed E-state index contributed by atoms with van der Waals surface area (Å²) in [5.41, 5.74) is 2.59. The third kappa shape index (κ3) is 3.17. The molecule has 0 saturated carbocycles. The van der Waals surface area contributed by atoms with E-state index in [1.54, 1.807) is 16.8 Å². The first kappa shape index (κ1) is 17.9. The van der Waals surface area contributed by atoms with Crippen molar-refractivity contribution in [1.82, 2.24) is 15.1 Å². The van der Waals surface area contributed by atoms with Gasteiger partial charge in [0.1, 0.15) is 16.4 Å².